The van der Waals surface area contributed by atoms with E-state index in [4.69, 9.17) is 5.73 Å². The van der Waals surface area contributed by atoms with Crippen molar-refractivity contribution in [3.63, 3.8) is 0 Å². The first-order valence-electron chi connectivity index (χ1n) is 6.79. The van der Waals surface area contributed by atoms with Crippen LogP contribution in [-0.2, 0) is 6.42 Å². The van der Waals surface area contributed by atoms with Crippen LogP contribution in [0.3, 0.4) is 0 Å². The lowest BCUT2D eigenvalue weighted by Gasteiger charge is -2.22. The van der Waals surface area contributed by atoms with Crippen LogP contribution in [0.15, 0.2) is 41.8 Å². The van der Waals surface area contributed by atoms with Crippen LogP contribution < -0.4 is 5.73 Å². The van der Waals surface area contributed by atoms with Crippen LogP contribution in [0.25, 0.3) is 0 Å². The highest BCUT2D eigenvalue weighted by molar-refractivity contribution is 7.12. The third-order valence-electron chi connectivity index (χ3n) is 3.26. The number of hydrogen-bond acceptors (Lipinski definition) is 3. The highest BCUT2D eigenvalue weighted by Gasteiger charge is 2.17. The van der Waals surface area contributed by atoms with E-state index in [9.17, 15) is 4.79 Å². The second kappa shape index (κ2) is 7.22. The summed E-state index contributed by atoms with van der Waals surface area (Å²) in [6.45, 7) is 3.77. The van der Waals surface area contributed by atoms with Gasteiger partial charge >= 0.3 is 0 Å². The molecule has 0 spiro atoms. The molecule has 20 heavy (non-hydrogen) atoms. The lowest BCUT2D eigenvalue weighted by molar-refractivity contribution is 0.0766. The van der Waals surface area contributed by atoms with E-state index in [1.807, 2.05) is 41.5 Å². The van der Waals surface area contributed by atoms with Crippen LogP contribution in [0, 0.1) is 6.92 Å². The normalized spacial score (nSPS) is 10.5. The van der Waals surface area contributed by atoms with Gasteiger partial charge in [0.2, 0.25) is 0 Å². The number of nitrogens with two attached hydrogens (primary N) is 1. The van der Waals surface area contributed by atoms with E-state index in [0.29, 0.717) is 19.6 Å². The van der Waals surface area contributed by atoms with Crippen LogP contribution in [0.2, 0.25) is 0 Å². The number of carbonyl (C=O) groups excluding carboxylic acids is 1. The molecule has 1 aromatic heterocycles. The van der Waals surface area contributed by atoms with E-state index < -0.39 is 0 Å². The summed E-state index contributed by atoms with van der Waals surface area (Å²) in [5, 5.41) is 1.96. The molecular formula is C16H20N2OS. The lowest BCUT2D eigenvalue weighted by Crippen LogP contribution is -2.36. The molecule has 1 heterocycles. The summed E-state index contributed by atoms with van der Waals surface area (Å²) >= 11 is 1.50. The Morgan fingerprint density at radius 1 is 1.20 bits per heavy atom. The molecule has 2 aromatic rings. The zero-order chi connectivity index (χ0) is 14.4. The summed E-state index contributed by atoms with van der Waals surface area (Å²) in [5.41, 5.74) is 7.92. The van der Waals surface area contributed by atoms with Crippen molar-refractivity contribution in [1.29, 1.82) is 0 Å². The van der Waals surface area contributed by atoms with Gasteiger partial charge in [-0.2, -0.15) is 0 Å². The maximum absolute atomic E-state index is 12.5. The van der Waals surface area contributed by atoms with Crippen molar-refractivity contribution in [2.75, 3.05) is 19.6 Å². The topological polar surface area (TPSA) is 46.3 Å². The van der Waals surface area contributed by atoms with Gasteiger partial charge in [0.25, 0.3) is 5.91 Å². The molecule has 0 saturated carbocycles. The average Bonchev–Trinajstić information content (AvgIpc) is 2.90. The van der Waals surface area contributed by atoms with E-state index >= 15 is 0 Å². The number of benzene rings is 1. The third kappa shape index (κ3) is 3.68. The van der Waals surface area contributed by atoms with Gasteiger partial charge in [-0.3, -0.25) is 4.79 Å². The molecular weight excluding hydrogens is 268 g/mol. The number of amides is 1. The Hall–Kier alpha value is -1.65. The van der Waals surface area contributed by atoms with Crippen LogP contribution in [0.4, 0.5) is 0 Å². The summed E-state index contributed by atoms with van der Waals surface area (Å²) in [4.78, 5) is 15.2. The Labute approximate surface area is 124 Å². The summed E-state index contributed by atoms with van der Waals surface area (Å²) < 4.78 is 0. The second-order valence-electron chi connectivity index (χ2n) is 4.75. The van der Waals surface area contributed by atoms with Crippen molar-refractivity contribution < 1.29 is 4.79 Å². The predicted octanol–water partition coefficient (Wildman–Crippen LogP) is 2.70. The van der Waals surface area contributed by atoms with E-state index in [1.54, 1.807) is 0 Å². The third-order valence-corrected chi connectivity index (χ3v) is 4.26. The molecule has 2 N–H and O–H groups in total. The van der Waals surface area contributed by atoms with Crippen molar-refractivity contribution >= 4 is 17.2 Å². The van der Waals surface area contributed by atoms with Gasteiger partial charge in [0, 0.05) is 19.6 Å². The Morgan fingerprint density at radius 2 is 1.95 bits per heavy atom. The zero-order valence-corrected chi connectivity index (χ0v) is 12.5. The van der Waals surface area contributed by atoms with Crippen molar-refractivity contribution in [3.05, 3.63) is 57.8 Å². The van der Waals surface area contributed by atoms with Crippen molar-refractivity contribution in [3.8, 4) is 0 Å². The standard InChI is InChI=1S/C16H20N2OS/c1-13-8-12-20-15(13)16(19)18(11-9-17)10-7-14-5-3-2-4-6-14/h2-6,8,12H,7,9-11,17H2,1H3. The lowest BCUT2D eigenvalue weighted by atomic mass is 10.1. The van der Waals surface area contributed by atoms with E-state index in [0.717, 1.165) is 16.9 Å². The van der Waals surface area contributed by atoms with Crippen molar-refractivity contribution in [1.82, 2.24) is 4.90 Å². The summed E-state index contributed by atoms with van der Waals surface area (Å²) in [7, 11) is 0. The molecule has 4 heteroatoms. The van der Waals surface area contributed by atoms with Gasteiger partial charge in [0.15, 0.2) is 0 Å². The molecule has 0 aliphatic heterocycles. The first-order valence-corrected chi connectivity index (χ1v) is 7.67. The molecule has 106 valence electrons. The van der Waals surface area contributed by atoms with E-state index in [2.05, 4.69) is 12.1 Å². The number of thiophene rings is 1. The van der Waals surface area contributed by atoms with E-state index in [1.165, 1.54) is 16.9 Å². The Morgan fingerprint density at radius 3 is 2.55 bits per heavy atom. The van der Waals surface area contributed by atoms with Crippen LogP contribution in [0.5, 0.6) is 0 Å². The SMILES string of the molecule is Cc1ccsc1C(=O)N(CCN)CCc1ccccc1. The Kier molecular flexibility index (Phi) is 5.32. The van der Waals surface area contributed by atoms with Gasteiger partial charge in [-0.25, -0.2) is 0 Å². The summed E-state index contributed by atoms with van der Waals surface area (Å²) in [5.74, 6) is 0.0962. The number of aryl methyl sites for hydroxylation is 1. The average molecular weight is 288 g/mol. The number of rotatable bonds is 6. The molecule has 0 unspecified atom stereocenters. The maximum Gasteiger partial charge on any atom is 0.264 e. The van der Waals surface area contributed by atoms with Crippen LogP contribution in [0.1, 0.15) is 20.8 Å². The Balaban J connectivity index is 2.03. The monoisotopic (exact) mass is 288 g/mol. The second-order valence-corrected chi connectivity index (χ2v) is 5.67. The molecule has 0 radical (unpaired) electrons. The highest BCUT2D eigenvalue weighted by Crippen LogP contribution is 2.18. The zero-order valence-electron chi connectivity index (χ0n) is 11.7. The Bertz CT molecular complexity index is 551. The molecule has 0 aliphatic carbocycles. The minimum Gasteiger partial charge on any atom is -0.336 e. The molecule has 0 bridgehead atoms. The fourth-order valence-corrected chi connectivity index (χ4v) is 3.01. The number of nitrogens with zero attached hydrogens (tertiary/aromatic N) is 1. The number of carbonyl (C=O) groups is 1. The molecule has 0 aliphatic rings. The van der Waals surface area contributed by atoms with Gasteiger partial charge in [0.05, 0.1) is 4.88 Å². The van der Waals surface area contributed by atoms with Gasteiger partial charge in [0.1, 0.15) is 0 Å². The molecule has 0 atom stereocenters. The van der Waals surface area contributed by atoms with Gasteiger partial charge in [-0.15, -0.1) is 11.3 Å². The first kappa shape index (κ1) is 14.8. The quantitative estimate of drug-likeness (QED) is 0.888. The highest BCUT2D eigenvalue weighted by atomic mass is 32.1. The van der Waals surface area contributed by atoms with Gasteiger partial charge < -0.3 is 10.6 Å². The van der Waals surface area contributed by atoms with Crippen LogP contribution >= 0.6 is 11.3 Å². The summed E-state index contributed by atoms with van der Waals surface area (Å²) in [6.07, 6.45) is 0.858. The number of hydrogen-bond donors (Lipinski definition) is 1. The summed E-state index contributed by atoms with van der Waals surface area (Å²) in [6, 6.07) is 12.2. The maximum atomic E-state index is 12.5. The molecule has 0 fully saturated rings. The van der Waals surface area contributed by atoms with Crippen LogP contribution in [-0.4, -0.2) is 30.4 Å². The fourth-order valence-electron chi connectivity index (χ4n) is 2.11. The molecule has 2 rings (SSSR count). The van der Waals surface area contributed by atoms with Crippen molar-refractivity contribution in [2.24, 2.45) is 5.73 Å². The predicted molar refractivity (Wildman–Crippen MR) is 84.2 cm³/mol. The van der Waals surface area contributed by atoms with Gasteiger partial charge in [-0.05, 0) is 35.9 Å². The molecule has 1 aromatic carbocycles. The van der Waals surface area contributed by atoms with Crippen molar-refractivity contribution in [2.45, 2.75) is 13.3 Å². The van der Waals surface area contributed by atoms with Gasteiger partial charge in [-0.1, -0.05) is 30.3 Å². The molecule has 1 amide bonds. The smallest absolute Gasteiger partial charge is 0.264 e. The molecule has 0 saturated heterocycles. The first-order chi connectivity index (χ1) is 9.72. The molecule has 3 nitrogen and oxygen atoms in total. The fraction of sp³-hybridized carbons (Fsp3) is 0.312. The largest absolute Gasteiger partial charge is 0.336 e. The minimum absolute atomic E-state index is 0.0962. The van der Waals surface area contributed by atoms with E-state index in [-0.39, 0.29) is 5.91 Å². The minimum atomic E-state index is 0.0962.